The van der Waals surface area contributed by atoms with Crippen molar-refractivity contribution in [3.8, 4) is 0 Å². The summed E-state index contributed by atoms with van der Waals surface area (Å²) in [6.45, 7) is 16.3. The van der Waals surface area contributed by atoms with Crippen molar-refractivity contribution in [1.29, 1.82) is 0 Å². The molecule has 0 aliphatic rings. The summed E-state index contributed by atoms with van der Waals surface area (Å²) in [4.78, 5) is 9.46. The lowest BCUT2D eigenvalue weighted by molar-refractivity contribution is -0.291. The zero-order chi connectivity index (χ0) is 18.5. The summed E-state index contributed by atoms with van der Waals surface area (Å²) in [7, 11) is 0. The van der Waals surface area contributed by atoms with Gasteiger partial charge in [-0.15, -0.1) is 5.73 Å². The maximum absolute atomic E-state index is 5.22. The molecular formula is C21H36O3. The molecule has 0 aromatic heterocycles. The Hall–Kier alpha value is -1.38. The third kappa shape index (κ3) is 22.9. The molecule has 0 amide bonds. The standard InChI is InChI=1S/C9H12O.C7H16O2.C5H8/c1-2-10-8-9-6-4-3-5-7-9;1-3-5-6-7-9-8-4-2;1-4-5(2)3/h3-7H,2,8H2,1H3;3-7H2,1-2H3;1H2,2-3H3. The van der Waals surface area contributed by atoms with Gasteiger partial charge in [0.2, 0.25) is 0 Å². The second-order valence-electron chi connectivity index (χ2n) is 5.24. The normalized spacial score (nSPS) is 9.04. The molecule has 24 heavy (non-hydrogen) atoms. The van der Waals surface area contributed by atoms with Crippen molar-refractivity contribution in [3.05, 3.63) is 53.8 Å². The number of rotatable bonds is 9. The fourth-order valence-corrected chi connectivity index (χ4v) is 1.35. The second-order valence-corrected chi connectivity index (χ2v) is 5.24. The molecule has 1 rings (SSSR count). The van der Waals surface area contributed by atoms with Gasteiger partial charge < -0.3 is 4.74 Å². The van der Waals surface area contributed by atoms with E-state index >= 15 is 0 Å². The predicted octanol–water partition coefficient (Wildman–Crippen LogP) is 6.11. The van der Waals surface area contributed by atoms with Crippen LogP contribution in [0.3, 0.4) is 0 Å². The van der Waals surface area contributed by atoms with Crippen molar-refractivity contribution < 1.29 is 14.5 Å². The van der Waals surface area contributed by atoms with Crippen molar-refractivity contribution in [2.45, 2.75) is 60.5 Å². The van der Waals surface area contributed by atoms with Gasteiger partial charge in [0.1, 0.15) is 0 Å². The van der Waals surface area contributed by atoms with E-state index in [1.807, 2.05) is 45.9 Å². The minimum atomic E-state index is 0.645. The molecule has 0 radical (unpaired) electrons. The van der Waals surface area contributed by atoms with Crippen molar-refractivity contribution in [2.75, 3.05) is 19.8 Å². The molecule has 0 atom stereocenters. The molecule has 0 heterocycles. The summed E-state index contributed by atoms with van der Waals surface area (Å²) < 4.78 is 5.22. The fourth-order valence-electron chi connectivity index (χ4n) is 1.35. The average Bonchev–Trinajstić information content (AvgIpc) is 2.62. The van der Waals surface area contributed by atoms with E-state index in [9.17, 15) is 0 Å². The van der Waals surface area contributed by atoms with Gasteiger partial charge >= 0.3 is 0 Å². The maximum Gasteiger partial charge on any atom is 0.0822 e. The highest BCUT2D eigenvalue weighted by Crippen LogP contribution is 1.99. The van der Waals surface area contributed by atoms with Crippen LogP contribution < -0.4 is 0 Å². The first kappa shape index (κ1) is 24.9. The lowest BCUT2D eigenvalue weighted by atomic mass is 10.2. The molecule has 1 aromatic carbocycles. The van der Waals surface area contributed by atoms with Crippen LogP contribution in [-0.2, 0) is 21.1 Å². The van der Waals surface area contributed by atoms with Crippen LogP contribution in [0.25, 0.3) is 0 Å². The molecule has 0 saturated carbocycles. The quantitative estimate of drug-likeness (QED) is 0.236. The van der Waals surface area contributed by atoms with Gasteiger partial charge in [-0.1, -0.05) is 56.7 Å². The molecule has 3 heteroatoms. The van der Waals surface area contributed by atoms with E-state index in [-0.39, 0.29) is 0 Å². The molecule has 0 N–H and O–H groups in total. The molecule has 138 valence electrons. The second kappa shape index (κ2) is 21.6. The molecule has 0 bridgehead atoms. The summed E-state index contributed by atoms with van der Waals surface area (Å²) in [6.07, 6.45) is 3.57. The summed E-state index contributed by atoms with van der Waals surface area (Å²) in [5.74, 6) is 0. The molecule has 0 spiro atoms. The Morgan fingerprint density at radius 3 is 2.04 bits per heavy atom. The number of benzene rings is 1. The Morgan fingerprint density at radius 1 is 0.958 bits per heavy atom. The number of hydrogen-bond acceptors (Lipinski definition) is 3. The molecule has 0 saturated heterocycles. The SMILES string of the molecule is C=C=C(C)C.CCCCCOOCC.CCOCc1ccccc1. The lowest BCUT2D eigenvalue weighted by Gasteiger charge is -1.98. The van der Waals surface area contributed by atoms with Crippen LogP contribution in [0.5, 0.6) is 0 Å². The van der Waals surface area contributed by atoms with Gasteiger partial charge in [0.05, 0.1) is 19.8 Å². The van der Waals surface area contributed by atoms with Crippen LogP contribution >= 0.6 is 0 Å². The zero-order valence-corrected chi connectivity index (χ0v) is 16.3. The van der Waals surface area contributed by atoms with E-state index in [0.717, 1.165) is 31.8 Å². The van der Waals surface area contributed by atoms with Crippen molar-refractivity contribution in [3.63, 3.8) is 0 Å². The smallest absolute Gasteiger partial charge is 0.0822 e. The third-order valence-electron chi connectivity index (χ3n) is 2.70. The molecule has 1 aromatic rings. The number of allylic oxidation sites excluding steroid dienone is 1. The molecule has 3 nitrogen and oxygen atoms in total. The summed E-state index contributed by atoms with van der Waals surface area (Å²) in [5, 5.41) is 0. The van der Waals surface area contributed by atoms with E-state index < -0.39 is 0 Å². The summed E-state index contributed by atoms with van der Waals surface area (Å²) >= 11 is 0. The Balaban J connectivity index is 0. The van der Waals surface area contributed by atoms with Crippen LogP contribution in [-0.4, -0.2) is 19.8 Å². The van der Waals surface area contributed by atoms with Gasteiger partial charge in [-0.25, -0.2) is 9.78 Å². The van der Waals surface area contributed by atoms with Crippen molar-refractivity contribution in [2.24, 2.45) is 0 Å². The van der Waals surface area contributed by atoms with Crippen LogP contribution in [0.1, 0.15) is 59.4 Å². The predicted molar refractivity (Wildman–Crippen MR) is 103 cm³/mol. The Morgan fingerprint density at radius 2 is 1.58 bits per heavy atom. The average molecular weight is 337 g/mol. The van der Waals surface area contributed by atoms with Crippen molar-refractivity contribution >= 4 is 0 Å². The van der Waals surface area contributed by atoms with E-state index in [1.165, 1.54) is 18.4 Å². The first-order valence-corrected chi connectivity index (χ1v) is 8.81. The highest BCUT2D eigenvalue weighted by molar-refractivity contribution is 5.13. The Kier molecular flexibility index (Phi) is 22.4. The van der Waals surface area contributed by atoms with Gasteiger partial charge in [0.15, 0.2) is 0 Å². The topological polar surface area (TPSA) is 27.7 Å². The van der Waals surface area contributed by atoms with Crippen LogP contribution in [0.15, 0.2) is 48.2 Å². The van der Waals surface area contributed by atoms with Crippen molar-refractivity contribution in [1.82, 2.24) is 0 Å². The van der Waals surface area contributed by atoms with E-state index in [4.69, 9.17) is 9.62 Å². The van der Waals surface area contributed by atoms with Crippen LogP contribution in [0.4, 0.5) is 0 Å². The van der Waals surface area contributed by atoms with Gasteiger partial charge in [0.25, 0.3) is 0 Å². The number of ether oxygens (including phenoxy) is 1. The Labute approximate surface area is 149 Å². The van der Waals surface area contributed by atoms with E-state index in [2.05, 4.69) is 36.3 Å². The molecule has 0 fully saturated rings. The largest absolute Gasteiger partial charge is 0.377 e. The van der Waals surface area contributed by atoms with Gasteiger partial charge in [0, 0.05) is 6.61 Å². The monoisotopic (exact) mass is 336 g/mol. The van der Waals surface area contributed by atoms with Crippen LogP contribution in [0, 0.1) is 0 Å². The number of hydrogen-bond donors (Lipinski definition) is 0. The minimum Gasteiger partial charge on any atom is -0.377 e. The summed E-state index contributed by atoms with van der Waals surface area (Å²) in [5.41, 5.74) is 5.08. The Bertz CT molecular complexity index is 385. The molecule has 0 unspecified atom stereocenters. The van der Waals surface area contributed by atoms with E-state index in [0.29, 0.717) is 6.61 Å². The first-order valence-electron chi connectivity index (χ1n) is 8.81. The first-order chi connectivity index (χ1) is 11.6. The van der Waals surface area contributed by atoms with Crippen LogP contribution in [0.2, 0.25) is 0 Å². The summed E-state index contributed by atoms with van der Waals surface area (Å²) in [6, 6.07) is 10.2. The molecule has 0 aliphatic heterocycles. The lowest BCUT2D eigenvalue weighted by Crippen LogP contribution is -1.95. The van der Waals surface area contributed by atoms with Gasteiger partial charge in [-0.3, -0.25) is 0 Å². The highest BCUT2D eigenvalue weighted by Gasteiger charge is 1.87. The highest BCUT2D eigenvalue weighted by atomic mass is 17.2. The van der Waals surface area contributed by atoms with Gasteiger partial charge in [-0.05, 0) is 45.3 Å². The zero-order valence-electron chi connectivity index (χ0n) is 16.3. The minimum absolute atomic E-state index is 0.645. The van der Waals surface area contributed by atoms with E-state index in [1.54, 1.807) is 0 Å². The fraction of sp³-hybridized carbons (Fsp3) is 0.571. The number of unbranched alkanes of at least 4 members (excludes halogenated alkanes) is 2. The third-order valence-corrected chi connectivity index (χ3v) is 2.70. The molecule has 0 aliphatic carbocycles. The molecular weight excluding hydrogens is 300 g/mol. The van der Waals surface area contributed by atoms with Gasteiger partial charge in [-0.2, -0.15) is 0 Å². The maximum atomic E-state index is 5.22.